The fraction of sp³-hybridized carbons (Fsp3) is 0. The van der Waals surface area contributed by atoms with Crippen molar-refractivity contribution in [3.8, 4) is 34.3 Å². The van der Waals surface area contributed by atoms with Crippen molar-refractivity contribution < 1.29 is 7.27 Å². The molecule has 4 aromatic rings. The Labute approximate surface area is 140 Å². The third-order valence-electron chi connectivity index (χ3n) is 3.43. The van der Waals surface area contributed by atoms with Gasteiger partial charge >= 0.3 is 0 Å². The number of hydrogen-bond donors (Lipinski definition) is 1. The van der Waals surface area contributed by atoms with Gasteiger partial charge in [-0.05, 0) is 24.3 Å². The fourth-order valence-electron chi connectivity index (χ4n) is 2.23. The van der Waals surface area contributed by atoms with E-state index in [-0.39, 0.29) is 14.6 Å². The highest BCUT2D eigenvalue weighted by Gasteiger charge is 2.16. The number of anilines is 1. The van der Waals surface area contributed by atoms with Crippen LogP contribution in [0, 0.1) is 0 Å². The van der Waals surface area contributed by atoms with E-state index < -0.39 is 0 Å². The first-order valence-corrected chi connectivity index (χ1v) is 7.23. The normalized spacial score (nSPS) is 10.7. The second kappa shape index (κ2) is 5.88. The van der Waals surface area contributed by atoms with Crippen LogP contribution in [0.25, 0.3) is 34.3 Å². The minimum Gasteiger partial charge on any atom is -0.414 e. The lowest BCUT2D eigenvalue weighted by Crippen LogP contribution is -1.99. The number of nitrogens with zero attached hydrogens (tertiary/aromatic N) is 5. The van der Waals surface area contributed by atoms with Crippen molar-refractivity contribution in [1.82, 2.24) is 25.1 Å². The van der Waals surface area contributed by atoms with Crippen LogP contribution in [0.1, 0.15) is 2.85 Å². The molecule has 0 bridgehead atoms. The topological polar surface area (TPSA) is 104 Å². The van der Waals surface area contributed by atoms with Crippen molar-refractivity contribution >= 4 is 5.82 Å². The van der Waals surface area contributed by atoms with E-state index in [2.05, 4.69) is 25.1 Å². The Hall–Kier alpha value is -3.61. The number of hydrogen-bond acceptors (Lipinski definition) is 7. The SMILES string of the molecule is Nc1ncc(-c2ccncc2)nc1-c1nnc(-c2ccccc2)o1.[HH].[HH]. The highest BCUT2D eigenvalue weighted by atomic mass is 16.4. The molecule has 0 amide bonds. The molecule has 1 aromatic carbocycles. The molecule has 3 aromatic heterocycles. The van der Waals surface area contributed by atoms with Crippen LogP contribution < -0.4 is 5.73 Å². The average molecular weight is 320 g/mol. The van der Waals surface area contributed by atoms with Crippen molar-refractivity contribution in [2.45, 2.75) is 0 Å². The molecular weight excluding hydrogens is 304 g/mol. The molecule has 0 radical (unpaired) electrons. The monoisotopic (exact) mass is 320 g/mol. The largest absolute Gasteiger partial charge is 0.414 e. The molecule has 24 heavy (non-hydrogen) atoms. The maximum atomic E-state index is 5.93. The van der Waals surface area contributed by atoms with Gasteiger partial charge in [-0.15, -0.1) is 10.2 Å². The molecule has 0 aliphatic carbocycles. The number of pyridine rings is 1. The van der Waals surface area contributed by atoms with Crippen molar-refractivity contribution in [1.29, 1.82) is 0 Å². The Bertz CT molecular complexity index is 979. The molecule has 3 heterocycles. The van der Waals surface area contributed by atoms with Crippen LogP contribution in [0.2, 0.25) is 0 Å². The fourth-order valence-corrected chi connectivity index (χ4v) is 2.23. The summed E-state index contributed by atoms with van der Waals surface area (Å²) in [5, 5.41) is 8.10. The van der Waals surface area contributed by atoms with Crippen LogP contribution in [0.5, 0.6) is 0 Å². The van der Waals surface area contributed by atoms with Crippen LogP contribution in [0.15, 0.2) is 65.5 Å². The first-order valence-electron chi connectivity index (χ1n) is 7.23. The third kappa shape index (κ3) is 2.58. The predicted molar refractivity (Wildman–Crippen MR) is 92.6 cm³/mol. The van der Waals surface area contributed by atoms with Gasteiger partial charge in [-0.2, -0.15) is 0 Å². The van der Waals surface area contributed by atoms with Crippen LogP contribution in [0.4, 0.5) is 5.82 Å². The maximum absolute atomic E-state index is 5.93. The summed E-state index contributed by atoms with van der Waals surface area (Å²) in [7, 11) is 0. The minimum atomic E-state index is 0. The van der Waals surface area contributed by atoms with Crippen molar-refractivity contribution in [3.05, 3.63) is 61.1 Å². The van der Waals surface area contributed by atoms with Crippen molar-refractivity contribution in [2.24, 2.45) is 0 Å². The van der Waals surface area contributed by atoms with E-state index in [4.69, 9.17) is 10.2 Å². The molecule has 0 unspecified atom stereocenters. The minimum absolute atomic E-state index is 0. The van der Waals surface area contributed by atoms with E-state index in [1.807, 2.05) is 42.5 Å². The van der Waals surface area contributed by atoms with E-state index >= 15 is 0 Å². The molecule has 0 atom stereocenters. The molecule has 0 spiro atoms. The molecule has 7 heteroatoms. The van der Waals surface area contributed by atoms with Gasteiger partial charge < -0.3 is 10.2 Å². The van der Waals surface area contributed by atoms with Gasteiger partial charge in [0.1, 0.15) is 0 Å². The van der Waals surface area contributed by atoms with Crippen molar-refractivity contribution in [3.63, 3.8) is 0 Å². The summed E-state index contributed by atoms with van der Waals surface area (Å²) in [5.41, 5.74) is 8.65. The molecular formula is C17H16N6O. The Balaban J connectivity index is 0.00000121. The van der Waals surface area contributed by atoms with Gasteiger partial charge in [-0.25, -0.2) is 9.97 Å². The van der Waals surface area contributed by atoms with Crippen LogP contribution in [-0.4, -0.2) is 25.1 Å². The second-order valence-electron chi connectivity index (χ2n) is 5.00. The molecule has 7 nitrogen and oxygen atoms in total. The summed E-state index contributed by atoms with van der Waals surface area (Å²) < 4.78 is 5.71. The van der Waals surface area contributed by atoms with E-state index in [1.54, 1.807) is 18.6 Å². The lowest BCUT2D eigenvalue weighted by atomic mass is 10.2. The molecule has 0 aliphatic rings. The van der Waals surface area contributed by atoms with Gasteiger partial charge in [0.2, 0.25) is 5.89 Å². The van der Waals surface area contributed by atoms with E-state index in [0.29, 0.717) is 17.3 Å². The second-order valence-corrected chi connectivity index (χ2v) is 5.00. The molecule has 0 saturated carbocycles. The summed E-state index contributed by atoms with van der Waals surface area (Å²) >= 11 is 0. The zero-order valence-electron chi connectivity index (χ0n) is 12.5. The highest BCUT2D eigenvalue weighted by Crippen LogP contribution is 2.27. The highest BCUT2D eigenvalue weighted by molar-refractivity contribution is 5.68. The van der Waals surface area contributed by atoms with Gasteiger partial charge in [0.15, 0.2) is 11.5 Å². The Morgan fingerprint density at radius 1 is 0.875 bits per heavy atom. The van der Waals surface area contributed by atoms with Crippen LogP contribution in [0.3, 0.4) is 0 Å². The molecule has 0 fully saturated rings. The number of nitrogen functional groups attached to an aromatic ring is 1. The van der Waals surface area contributed by atoms with Crippen molar-refractivity contribution in [2.75, 3.05) is 5.73 Å². The van der Waals surface area contributed by atoms with Crippen LogP contribution in [-0.2, 0) is 0 Å². The quantitative estimate of drug-likeness (QED) is 0.617. The number of rotatable bonds is 3. The van der Waals surface area contributed by atoms with Gasteiger partial charge in [0.25, 0.3) is 5.89 Å². The summed E-state index contributed by atoms with van der Waals surface area (Å²) in [6.45, 7) is 0. The van der Waals surface area contributed by atoms with E-state index in [9.17, 15) is 0 Å². The number of nitrogens with two attached hydrogens (primary N) is 1. The standard InChI is InChI=1S/C17H12N6O.2H2/c18-15-14(21-13(10-20-15)11-6-8-19-9-7-11)17-23-22-16(24-17)12-4-2-1-3-5-12;;/h1-10H,(H2,18,20);2*1H. The Morgan fingerprint density at radius 3 is 2.42 bits per heavy atom. The summed E-state index contributed by atoms with van der Waals surface area (Å²) in [4.78, 5) is 12.7. The predicted octanol–water partition coefficient (Wildman–Crippen LogP) is 3.33. The smallest absolute Gasteiger partial charge is 0.270 e. The van der Waals surface area contributed by atoms with Gasteiger partial charge in [-0.3, -0.25) is 4.98 Å². The Morgan fingerprint density at radius 2 is 1.62 bits per heavy atom. The molecule has 0 aliphatic heterocycles. The first-order chi connectivity index (χ1) is 11.8. The van der Waals surface area contributed by atoms with E-state index in [1.165, 1.54) is 0 Å². The number of benzene rings is 1. The first kappa shape index (κ1) is 14.0. The molecule has 4 rings (SSSR count). The molecule has 0 saturated heterocycles. The molecule has 2 N–H and O–H groups in total. The zero-order valence-corrected chi connectivity index (χ0v) is 12.5. The third-order valence-corrected chi connectivity index (χ3v) is 3.43. The van der Waals surface area contributed by atoms with E-state index in [0.717, 1.165) is 11.1 Å². The molecule has 120 valence electrons. The maximum Gasteiger partial charge on any atom is 0.270 e. The van der Waals surface area contributed by atoms with Crippen LogP contribution >= 0.6 is 0 Å². The van der Waals surface area contributed by atoms with Gasteiger partial charge in [0, 0.05) is 26.4 Å². The van der Waals surface area contributed by atoms with Gasteiger partial charge in [-0.1, -0.05) is 18.2 Å². The number of aromatic nitrogens is 5. The average Bonchev–Trinajstić information content (AvgIpc) is 3.13. The van der Waals surface area contributed by atoms with Gasteiger partial charge in [0.05, 0.1) is 11.9 Å². The zero-order chi connectivity index (χ0) is 16.4. The Kier molecular flexibility index (Phi) is 3.43. The lowest BCUT2D eigenvalue weighted by Gasteiger charge is -2.03. The summed E-state index contributed by atoms with van der Waals surface area (Å²) in [5.74, 6) is 0.868. The lowest BCUT2D eigenvalue weighted by molar-refractivity contribution is 0.582. The summed E-state index contributed by atoms with van der Waals surface area (Å²) in [6.07, 6.45) is 4.98. The summed E-state index contributed by atoms with van der Waals surface area (Å²) in [6, 6.07) is 13.2.